The molecule has 1 aliphatic heterocycles. The maximum Gasteiger partial charge on any atom is 0.153 e. The number of nitrogens with one attached hydrogen (secondary N) is 1. The van der Waals surface area contributed by atoms with E-state index >= 15 is 0 Å². The van der Waals surface area contributed by atoms with Gasteiger partial charge in [0, 0.05) is 25.9 Å². The van der Waals surface area contributed by atoms with E-state index < -0.39 is 5.60 Å². The fourth-order valence-electron chi connectivity index (χ4n) is 3.64. The average Bonchev–Trinajstić information content (AvgIpc) is 3.14. The second-order valence-corrected chi connectivity index (χ2v) is 9.25. The second-order valence-electron chi connectivity index (χ2n) is 8.88. The number of ether oxygens (including phenoxy) is 1. The largest absolute Gasteiger partial charge is 0.489 e. The van der Waals surface area contributed by atoms with Crippen LogP contribution in [-0.2, 0) is 4.79 Å². The highest BCUT2D eigenvalue weighted by Crippen LogP contribution is 2.32. The third kappa shape index (κ3) is 6.55. The molecule has 3 rings (SSSR count). The van der Waals surface area contributed by atoms with Gasteiger partial charge in [0.15, 0.2) is 11.6 Å². The zero-order valence-corrected chi connectivity index (χ0v) is 19.3. The number of anilines is 2. The van der Waals surface area contributed by atoms with Crippen molar-refractivity contribution < 1.29 is 14.6 Å². The summed E-state index contributed by atoms with van der Waals surface area (Å²) in [6.45, 7) is 8.89. The van der Waals surface area contributed by atoms with Crippen LogP contribution in [0.4, 0.5) is 11.6 Å². The van der Waals surface area contributed by atoms with Crippen molar-refractivity contribution in [3.8, 4) is 5.75 Å². The minimum Gasteiger partial charge on any atom is -0.489 e. The zero-order chi connectivity index (χ0) is 22.6. The van der Waals surface area contributed by atoms with Crippen molar-refractivity contribution in [3.05, 3.63) is 41.2 Å². The molecule has 2 aromatic rings. The third-order valence-corrected chi connectivity index (χ3v) is 5.60. The van der Waals surface area contributed by atoms with E-state index in [0.29, 0.717) is 36.2 Å². The maximum absolute atomic E-state index is 11.3. The number of rotatable bonds is 9. The normalized spacial score (nSPS) is 17.5. The van der Waals surface area contributed by atoms with Crippen LogP contribution in [0.2, 0.25) is 5.02 Å². The van der Waals surface area contributed by atoms with Gasteiger partial charge in [-0.2, -0.15) is 0 Å². The Morgan fingerprint density at radius 3 is 2.71 bits per heavy atom. The Bertz CT molecular complexity index is 899. The van der Waals surface area contributed by atoms with E-state index in [9.17, 15) is 9.90 Å². The fourth-order valence-corrected chi connectivity index (χ4v) is 3.92. The molecule has 0 bridgehead atoms. The number of aliphatic hydroxyl groups is 1. The summed E-state index contributed by atoms with van der Waals surface area (Å²) in [4.78, 5) is 22.0. The summed E-state index contributed by atoms with van der Waals surface area (Å²) in [5.74, 6) is 2.38. The zero-order valence-electron chi connectivity index (χ0n) is 18.6. The molecule has 0 spiro atoms. The lowest BCUT2D eigenvalue weighted by Gasteiger charge is -2.22. The number of aromatic nitrogens is 2. The molecule has 1 aromatic carbocycles. The summed E-state index contributed by atoms with van der Waals surface area (Å²) in [7, 11) is 0. The van der Waals surface area contributed by atoms with Gasteiger partial charge in [0.1, 0.15) is 29.0 Å². The number of carbonyl (C=O) groups is 1. The van der Waals surface area contributed by atoms with Gasteiger partial charge in [-0.1, -0.05) is 30.7 Å². The van der Waals surface area contributed by atoms with Crippen molar-refractivity contribution in [1.82, 2.24) is 9.97 Å². The quantitative estimate of drug-likeness (QED) is 0.600. The Morgan fingerprint density at radius 2 is 2.06 bits per heavy atom. The number of hydrogen-bond acceptors (Lipinski definition) is 7. The first kappa shape index (κ1) is 23.3. The molecule has 0 unspecified atom stereocenters. The number of Topliss-reactive ketones (excluding diaryl/α,β-unsaturated/α-hetero) is 1. The number of benzene rings is 1. The lowest BCUT2D eigenvalue weighted by Crippen LogP contribution is -2.30. The smallest absolute Gasteiger partial charge is 0.153 e. The number of carbonyl (C=O) groups excluding carboxylic acids is 1. The average molecular weight is 447 g/mol. The van der Waals surface area contributed by atoms with Crippen LogP contribution in [0.3, 0.4) is 0 Å². The summed E-state index contributed by atoms with van der Waals surface area (Å²) in [5.41, 5.74) is 0.259. The summed E-state index contributed by atoms with van der Waals surface area (Å²) < 4.78 is 6.16. The molecule has 0 aliphatic carbocycles. The molecule has 2 N–H and O–H groups in total. The molecule has 2 heterocycles. The third-order valence-electron chi connectivity index (χ3n) is 5.25. The molecular formula is C23H31ClN4O3. The highest BCUT2D eigenvalue weighted by Gasteiger charge is 2.28. The van der Waals surface area contributed by atoms with E-state index in [0.717, 1.165) is 24.3 Å². The SMILES string of the molecule is CC(=O)C[C@@H](C)c1ccc(O[C@@H]2CCN(c3ncnc(NCC(C)(C)O)c3Cl)C2)cc1. The summed E-state index contributed by atoms with van der Waals surface area (Å²) >= 11 is 6.53. The minimum atomic E-state index is -0.875. The fraction of sp³-hybridized carbons (Fsp3) is 0.522. The molecule has 8 heteroatoms. The van der Waals surface area contributed by atoms with Crippen LogP contribution in [0.15, 0.2) is 30.6 Å². The minimum absolute atomic E-state index is 0.0271. The Balaban J connectivity index is 1.60. The van der Waals surface area contributed by atoms with Gasteiger partial charge in [-0.15, -0.1) is 0 Å². The second kappa shape index (κ2) is 9.83. The number of nitrogens with zero attached hydrogens (tertiary/aromatic N) is 3. The van der Waals surface area contributed by atoms with E-state index in [-0.39, 0.29) is 17.8 Å². The monoisotopic (exact) mass is 446 g/mol. The van der Waals surface area contributed by atoms with E-state index in [4.69, 9.17) is 16.3 Å². The lowest BCUT2D eigenvalue weighted by atomic mass is 9.96. The number of ketones is 1. The van der Waals surface area contributed by atoms with E-state index in [1.807, 2.05) is 24.3 Å². The topological polar surface area (TPSA) is 87.6 Å². The molecule has 0 amide bonds. The Labute approximate surface area is 188 Å². The Morgan fingerprint density at radius 1 is 1.35 bits per heavy atom. The standard InChI is InChI=1S/C23H31ClN4O3/c1-15(11-16(2)29)17-5-7-18(8-6-17)31-19-9-10-28(12-19)22-20(24)21(26-14-27-22)25-13-23(3,4)30/h5-8,14-15,19,30H,9-13H2,1-4H3,(H,25,26,27)/t15-,19-/m1/s1. The van der Waals surface area contributed by atoms with Gasteiger partial charge in [0.25, 0.3) is 0 Å². The number of hydrogen-bond donors (Lipinski definition) is 2. The van der Waals surface area contributed by atoms with Crippen molar-refractivity contribution in [2.45, 2.75) is 58.2 Å². The van der Waals surface area contributed by atoms with E-state index in [1.54, 1.807) is 20.8 Å². The molecule has 0 saturated carbocycles. The molecule has 168 valence electrons. The molecular weight excluding hydrogens is 416 g/mol. The van der Waals surface area contributed by atoms with Gasteiger partial charge in [0.05, 0.1) is 12.1 Å². The Kier molecular flexibility index (Phi) is 7.38. The van der Waals surface area contributed by atoms with Crippen molar-refractivity contribution in [3.63, 3.8) is 0 Å². The summed E-state index contributed by atoms with van der Waals surface area (Å²) in [6, 6.07) is 7.98. The van der Waals surface area contributed by atoms with Gasteiger partial charge >= 0.3 is 0 Å². The van der Waals surface area contributed by atoms with Crippen LogP contribution in [-0.4, -0.2) is 52.2 Å². The molecule has 1 saturated heterocycles. The van der Waals surface area contributed by atoms with Crippen LogP contribution in [0.5, 0.6) is 5.75 Å². The van der Waals surface area contributed by atoms with Crippen LogP contribution in [0.1, 0.15) is 52.0 Å². The van der Waals surface area contributed by atoms with Gasteiger partial charge in [-0.3, -0.25) is 0 Å². The molecule has 1 aromatic heterocycles. The van der Waals surface area contributed by atoms with Crippen molar-refractivity contribution in [1.29, 1.82) is 0 Å². The molecule has 2 atom stereocenters. The van der Waals surface area contributed by atoms with Crippen LogP contribution in [0, 0.1) is 0 Å². The first-order valence-electron chi connectivity index (χ1n) is 10.6. The van der Waals surface area contributed by atoms with Crippen molar-refractivity contribution in [2.24, 2.45) is 0 Å². The molecule has 1 fully saturated rings. The Hall–Kier alpha value is -2.38. The van der Waals surface area contributed by atoms with Gasteiger partial charge in [-0.05, 0) is 44.4 Å². The van der Waals surface area contributed by atoms with Crippen LogP contribution >= 0.6 is 11.6 Å². The van der Waals surface area contributed by atoms with Crippen molar-refractivity contribution in [2.75, 3.05) is 29.9 Å². The van der Waals surface area contributed by atoms with Gasteiger partial charge in [0.2, 0.25) is 0 Å². The summed E-state index contributed by atoms with van der Waals surface area (Å²) in [5, 5.41) is 13.4. The van der Waals surface area contributed by atoms with Gasteiger partial charge in [-0.25, -0.2) is 9.97 Å². The molecule has 31 heavy (non-hydrogen) atoms. The van der Waals surface area contributed by atoms with E-state index in [1.165, 1.54) is 6.33 Å². The summed E-state index contributed by atoms with van der Waals surface area (Å²) in [6.07, 6.45) is 2.90. The predicted molar refractivity (Wildman–Crippen MR) is 123 cm³/mol. The molecule has 1 aliphatic rings. The van der Waals surface area contributed by atoms with Crippen LogP contribution in [0.25, 0.3) is 0 Å². The maximum atomic E-state index is 11.3. The predicted octanol–water partition coefficient (Wildman–Crippen LogP) is 4.05. The highest BCUT2D eigenvalue weighted by molar-refractivity contribution is 6.35. The van der Waals surface area contributed by atoms with E-state index in [2.05, 4.69) is 27.1 Å². The number of halogens is 1. The highest BCUT2D eigenvalue weighted by atomic mass is 35.5. The molecule has 0 radical (unpaired) electrons. The first-order valence-corrected chi connectivity index (χ1v) is 11.0. The molecule has 7 nitrogen and oxygen atoms in total. The van der Waals surface area contributed by atoms with Crippen LogP contribution < -0.4 is 15.0 Å². The first-order chi connectivity index (χ1) is 14.6. The lowest BCUT2D eigenvalue weighted by molar-refractivity contribution is -0.117. The van der Waals surface area contributed by atoms with Gasteiger partial charge < -0.3 is 24.9 Å². The van der Waals surface area contributed by atoms with Crippen molar-refractivity contribution >= 4 is 29.0 Å².